The first-order chi connectivity index (χ1) is 7.99. The van der Waals surface area contributed by atoms with Crippen LogP contribution in [0.2, 0.25) is 0 Å². The Labute approximate surface area is 103 Å². The SMILES string of the molecule is O=S(=O)(O)CCCCCCN(CCO)CCO. The number of hydrogen-bond acceptors (Lipinski definition) is 5. The Bertz CT molecular complexity index is 262. The summed E-state index contributed by atoms with van der Waals surface area (Å²) in [4.78, 5) is 1.96. The van der Waals surface area contributed by atoms with E-state index >= 15 is 0 Å². The Morgan fingerprint density at radius 2 is 1.35 bits per heavy atom. The van der Waals surface area contributed by atoms with Gasteiger partial charge >= 0.3 is 0 Å². The lowest BCUT2D eigenvalue weighted by atomic mass is 10.2. The summed E-state index contributed by atoms with van der Waals surface area (Å²) < 4.78 is 29.4. The monoisotopic (exact) mass is 269 g/mol. The van der Waals surface area contributed by atoms with Crippen molar-refractivity contribution in [1.82, 2.24) is 4.90 Å². The lowest BCUT2D eigenvalue weighted by Crippen LogP contribution is -2.30. The highest BCUT2D eigenvalue weighted by Crippen LogP contribution is 2.03. The van der Waals surface area contributed by atoms with E-state index in [4.69, 9.17) is 14.8 Å². The summed E-state index contributed by atoms with van der Waals surface area (Å²) >= 11 is 0. The van der Waals surface area contributed by atoms with Gasteiger partial charge in [0.25, 0.3) is 10.1 Å². The number of rotatable bonds is 11. The topological polar surface area (TPSA) is 98.1 Å². The molecule has 0 aromatic heterocycles. The first-order valence-corrected chi connectivity index (χ1v) is 7.49. The van der Waals surface area contributed by atoms with Gasteiger partial charge in [-0.2, -0.15) is 8.42 Å². The van der Waals surface area contributed by atoms with Crippen LogP contribution >= 0.6 is 0 Å². The number of hydrogen-bond donors (Lipinski definition) is 3. The third-order valence-corrected chi connectivity index (χ3v) is 3.26. The van der Waals surface area contributed by atoms with E-state index in [-0.39, 0.29) is 19.0 Å². The van der Waals surface area contributed by atoms with Crippen LogP contribution in [0.15, 0.2) is 0 Å². The van der Waals surface area contributed by atoms with Crippen LogP contribution in [0.25, 0.3) is 0 Å². The van der Waals surface area contributed by atoms with Gasteiger partial charge < -0.3 is 10.2 Å². The maximum absolute atomic E-state index is 10.4. The average Bonchev–Trinajstić information content (AvgIpc) is 2.22. The second-order valence-electron chi connectivity index (χ2n) is 3.99. The maximum Gasteiger partial charge on any atom is 0.264 e. The number of aliphatic hydroxyl groups is 2. The van der Waals surface area contributed by atoms with Gasteiger partial charge in [-0.05, 0) is 19.4 Å². The minimum atomic E-state index is -3.82. The molecule has 0 aliphatic rings. The molecule has 0 radical (unpaired) electrons. The molecule has 6 nitrogen and oxygen atoms in total. The van der Waals surface area contributed by atoms with Crippen molar-refractivity contribution >= 4 is 10.1 Å². The molecule has 0 spiro atoms. The largest absolute Gasteiger partial charge is 0.395 e. The van der Waals surface area contributed by atoms with Crippen LogP contribution in [0.1, 0.15) is 25.7 Å². The van der Waals surface area contributed by atoms with Crippen LogP contribution in [0.5, 0.6) is 0 Å². The van der Waals surface area contributed by atoms with Crippen molar-refractivity contribution in [2.75, 3.05) is 38.6 Å². The van der Waals surface area contributed by atoms with Crippen molar-refractivity contribution in [2.24, 2.45) is 0 Å². The third kappa shape index (κ3) is 12.0. The third-order valence-electron chi connectivity index (χ3n) is 2.46. The molecule has 0 saturated carbocycles. The van der Waals surface area contributed by atoms with Crippen LogP contribution in [0.4, 0.5) is 0 Å². The van der Waals surface area contributed by atoms with Crippen molar-refractivity contribution in [1.29, 1.82) is 0 Å². The quantitative estimate of drug-likeness (QED) is 0.352. The van der Waals surface area contributed by atoms with Crippen molar-refractivity contribution in [3.05, 3.63) is 0 Å². The zero-order valence-corrected chi connectivity index (χ0v) is 10.9. The van der Waals surface area contributed by atoms with Gasteiger partial charge in [0.15, 0.2) is 0 Å². The fraction of sp³-hybridized carbons (Fsp3) is 1.00. The lowest BCUT2D eigenvalue weighted by Gasteiger charge is -2.19. The first-order valence-electron chi connectivity index (χ1n) is 5.89. The van der Waals surface area contributed by atoms with E-state index < -0.39 is 10.1 Å². The van der Waals surface area contributed by atoms with Gasteiger partial charge in [0.1, 0.15) is 0 Å². The molecule has 0 aliphatic heterocycles. The minimum absolute atomic E-state index is 0.0722. The zero-order valence-electron chi connectivity index (χ0n) is 10.1. The van der Waals surface area contributed by atoms with E-state index in [1.165, 1.54) is 0 Å². The molecule has 0 rings (SSSR count). The van der Waals surface area contributed by atoms with Crippen LogP contribution in [0, 0.1) is 0 Å². The summed E-state index contributed by atoms with van der Waals surface area (Å²) in [5.74, 6) is -0.177. The summed E-state index contributed by atoms with van der Waals surface area (Å²) in [7, 11) is -3.82. The molecule has 0 amide bonds. The van der Waals surface area contributed by atoms with Crippen molar-refractivity contribution in [3.8, 4) is 0 Å². The number of unbranched alkanes of at least 4 members (excludes halogenated alkanes) is 3. The fourth-order valence-electron chi connectivity index (χ4n) is 1.59. The predicted molar refractivity (Wildman–Crippen MR) is 65.5 cm³/mol. The van der Waals surface area contributed by atoms with Gasteiger partial charge in [-0.3, -0.25) is 9.45 Å². The Morgan fingerprint density at radius 1 is 0.824 bits per heavy atom. The second kappa shape index (κ2) is 9.78. The maximum atomic E-state index is 10.4. The van der Waals surface area contributed by atoms with E-state index in [1.807, 2.05) is 4.90 Å². The van der Waals surface area contributed by atoms with E-state index in [1.54, 1.807) is 0 Å². The highest BCUT2D eigenvalue weighted by molar-refractivity contribution is 7.85. The molecule has 7 heteroatoms. The summed E-state index contributed by atoms with van der Waals surface area (Å²) in [5.41, 5.74) is 0. The molecule has 0 unspecified atom stereocenters. The van der Waals surface area contributed by atoms with Crippen LogP contribution in [-0.4, -0.2) is 66.7 Å². The summed E-state index contributed by atoms with van der Waals surface area (Å²) in [6.07, 6.45) is 3.00. The Balaban J connectivity index is 3.48. The normalized spacial score (nSPS) is 12.2. The van der Waals surface area contributed by atoms with E-state index in [0.29, 0.717) is 19.5 Å². The van der Waals surface area contributed by atoms with Gasteiger partial charge in [0, 0.05) is 13.1 Å². The molecule has 0 aliphatic carbocycles. The molecule has 0 saturated heterocycles. The molecular formula is C10H23NO5S. The molecule has 0 heterocycles. The van der Waals surface area contributed by atoms with Crippen LogP contribution in [0.3, 0.4) is 0 Å². The lowest BCUT2D eigenvalue weighted by molar-refractivity contribution is 0.159. The van der Waals surface area contributed by atoms with Gasteiger partial charge in [-0.1, -0.05) is 12.8 Å². The van der Waals surface area contributed by atoms with Crippen LogP contribution in [-0.2, 0) is 10.1 Å². The van der Waals surface area contributed by atoms with Crippen molar-refractivity contribution in [2.45, 2.75) is 25.7 Å². The zero-order chi connectivity index (χ0) is 13.1. The summed E-state index contributed by atoms with van der Waals surface area (Å²) in [6.45, 7) is 2.02. The highest BCUT2D eigenvalue weighted by atomic mass is 32.2. The molecule has 0 bridgehead atoms. The van der Waals surface area contributed by atoms with Gasteiger partial charge in [-0.15, -0.1) is 0 Å². The smallest absolute Gasteiger partial charge is 0.264 e. The van der Waals surface area contributed by atoms with Crippen molar-refractivity contribution in [3.63, 3.8) is 0 Å². The van der Waals surface area contributed by atoms with E-state index in [9.17, 15) is 8.42 Å². The Morgan fingerprint density at radius 3 is 1.82 bits per heavy atom. The van der Waals surface area contributed by atoms with Gasteiger partial charge in [-0.25, -0.2) is 0 Å². The summed E-state index contributed by atoms with van der Waals surface area (Å²) in [5, 5.41) is 17.6. The molecule has 3 N–H and O–H groups in total. The second-order valence-corrected chi connectivity index (χ2v) is 5.56. The molecule has 104 valence electrons. The van der Waals surface area contributed by atoms with Crippen LogP contribution < -0.4 is 0 Å². The highest BCUT2D eigenvalue weighted by Gasteiger charge is 2.05. The molecule has 0 fully saturated rings. The molecule has 0 aromatic carbocycles. The Hall–Kier alpha value is -0.210. The number of aliphatic hydroxyl groups excluding tert-OH is 2. The average molecular weight is 269 g/mol. The molecular weight excluding hydrogens is 246 g/mol. The number of nitrogens with zero attached hydrogens (tertiary/aromatic N) is 1. The molecule has 17 heavy (non-hydrogen) atoms. The summed E-state index contributed by atoms with van der Waals surface area (Å²) in [6, 6.07) is 0. The van der Waals surface area contributed by atoms with E-state index in [2.05, 4.69) is 0 Å². The van der Waals surface area contributed by atoms with Crippen molar-refractivity contribution < 1.29 is 23.2 Å². The first kappa shape index (κ1) is 16.8. The van der Waals surface area contributed by atoms with E-state index in [0.717, 1.165) is 25.8 Å². The Kier molecular flexibility index (Phi) is 9.66. The predicted octanol–water partition coefficient (Wildman–Crippen LogP) is -0.279. The molecule has 0 atom stereocenters. The molecule has 0 aromatic rings. The fourth-order valence-corrected chi connectivity index (χ4v) is 2.16. The minimum Gasteiger partial charge on any atom is -0.395 e. The van der Waals surface area contributed by atoms with Gasteiger partial charge in [0.2, 0.25) is 0 Å². The van der Waals surface area contributed by atoms with Gasteiger partial charge in [0.05, 0.1) is 19.0 Å². The standard InChI is InChI=1S/C10H23NO5S/c12-8-6-11(7-9-13)5-3-1-2-4-10-17(14,15)16/h12-13H,1-10H2,(H,14,15,16).